The molecular formula is C24H22O5. The van der Waals surface area contributed by atoms with Crippen molar-refractivity contribution in [2.75, 3.05) is 20.3 Å². The Balaban J connectivity index is 1.46. The number of carboxylic acid groups (broad SMARTS) is 1. The molecular weight excluding hydrogens is 368 g/mol. The molecule has 0 saturated carbocycles. The first-order chi connectivity index (χ1) is 14.2. The van der Waals surface area contributed by atoms with Crippen molar-refractivity contribution in [3.05, 3.63) is 90.2 Å². The quantitative estimate of drug-likeness (QED) is 0.320. The van der Waals surface area contributed by atoms with Gasteiger partial charge in [-0.2, -0.15) is 0 Å². The molecule has 3 aromatic rings. The number of hydrogen-bond acceptors (Lipinski definition) is 4. The average Bonchev–Trinajstić information content (AvgIpc) is 2.77. The highest BCUT2D eigenvalue weighted by Gasteiger charge is 2.06. The molecule has 0 heterocycles. The largest absolute Gasteiger partial charge is 0.490 e. The number of rotatable bonds is 9. The minimum Gasteiger partial charge on any atom is -0.490 e. The number of carbonyl (C=O) groups is 1. The van der Waals surface area contributed by atoms with Crippen LogP contribution in [-0.4, -0.2) is 31.4 Å². The van der Waals surface area contributed by atoms with Crippen molar-refractivity contribution in [2.45, 2.75) is 0 Å². The maximum Gasteiger partial charge on any atom is 0.371 e. The Labute approximate surface area is 169 Å². The van der Waals surface area contributed by atoms with Gasteiger partial charge in [0.1, 0.15) is 24.7 Å². The van der Waals surface area contributed by atoms with Crippen LogP contribution in [0.5, 0.6) is 11.5 Å². The number of benzene rings is 3. The van der Waals surface area contributed by atoms with E-state index in [1.807, 2.05) is 42.5 Å². The first kappa shape index (κ1) is 20.0. The molecule has 0 fully saturated rings. The van der Waals surface area contributed by atoms with Gasteiger partial charge in [-0.3, -0.25) is 0 Å². The van der Waals surface area contributed by atoms with E-state index in [0.717, 1.165) is 11.3 Å². The lowest BCUT2D eigenvalue weighted by Gasteiger charge is -2.09. The van der Waals surface area contributed by atoms with E-state index in [0.29, 0.717) is 24.5 Å². The van der Waals surface area contributed by atoms with Gasteiger partial charge >= 0.3 is 5.97 Å². The van der Waals surface area contributed by atoms with Gasteiger partial charge in [0, 0.05) is 0 Å². The molecule has 0 radical (unpaired) electrons. The van der Waals surface area contributed by atoms with Crippen molar-refractivity contribution in [1.82, 2.24) is 0 Å². The molecule has 148 valence electrons. The number of carboxylic acids is 1. The second kappa shape index (κ2) is 9.99. The zero-order valence-corrected chi connectivity index (χ0v) is 16.1. The first-order valence-corrected chi connectivity index (χ1v) is 9.16. The minimum atomic E-state index is -1.11. The van der Waals surface area contributed by atoms with Crippen LogP contribution in [0.4, 0.5) is 0 Å². The summed E-state index contributed by atoms with van der Waals surface area (Å²) in [6.07, 6.45) is 1.45. The summed E-state index contributed by atoms with van der Waals surface area (Å²) in [6, 6.07) is 25.2. The van der Waals surface area contributed by atoms with Crippen LogP contribution in [0.25, 0.3) is 17.2 Å². The number of methoxy groups -OCH3 is 1. The Kier molecular flexibility index (Phi) is 6.90. The third kappa shape index (κ3) is 5.87. The lowest BCUT2D eigenvalue weighted by molar-refractivity contribution is -0.135. The summed E-state index contributed by atoms with van der Waals surface area (Å²) in [5, 5.41) is 8.97. The highest BCUT2D eigenvalue weighted by Crippen LogP contribution is 2.22. The second-order valence-corrected chi connectivity index (χ2v) is 6.17. The highest BCUT2D eigenvalue weighted by atomic mass is 16.5. The van der Waals surface area contributed by atoms with Crippen molar-refractivity contribution in [2.24, 2.45) is 0 Å². The summed E-state index contributed by atoms with van der Waals surface area (Å²) in [4.78, 5) is 11.0. The van der Waals surface area contributed by atoms with Gasteiger partial charge in [0.15, 0.2) is 0 Å². The van der Waals surface area contributed by atoms with Crippen LogP contribution >= 0.6 is 0 Å². The zero-order valence-electron chi connectivity index (χ0n) is 16.1. The lowest BCUT2D eigenvalue weighted by atomic mass is 10.1. The van der Waals surface area contributed by atoms with E-state index < -0.39 is 5.97 Å². The van der Waals surface area contributed by atoms with E-state index in [4.69, 9.17) is 19.3 Å². The summed E-state index contributed by atoms with van der Waals surface area (Å²) in [5.41, 5.74) is 3.02. The van der Waals surface area contributed by atoms with Gasteiger partial charge < -0.3 is 19.3 Å². The van der Waals surface area contributed by atoms with Gasteiger partial charge in [0.05, 0.1) is 7.11 Å². The molecule has 0 aliphatic rings. The Morgan fingerprint density at radius 1 is 0.793 bits per heavy atom. The summed E-state index contributed by atoms with van der Waals surface area (Å²) < 4.78 is 16.2. The van der Waals surface area contributed by atoms with E-state index in [9.17, 15) is 4.79 Å². The average molecular weight is 390 g/mol. The third-order valence-electron chi connectivity index (χ3n) is 4.19. The standard InChI is InChI=1S/C24H22O5/c1-27-23(24(25)26)17-18-7-11-21(12-8-18)28-15-16-29-22-13-9-20(10-14-22)19-5-3-2-4-6-19/h2-14,17H,15-16H2,1H3,(H,25,26). The maximum absolute atomic E-state index is 11.0. The molecule has 0 aromatic heterocycles. The molecule has 0 bridgehead atoms. The molecule has 1 N–H and O–H groups in total. The Bertz CT molecular complexity index is 945. The molecule has 3 rings (SSSR count). The summed E-state index contributed by atoms with van der Waals surface area (Å²) in [7, 11) is 1.33. The molecule has 0 saturated heterocycles. The van der Waals surface area contributed by atoms with Crippen LogP contribution in [-0.2, 0) is 9.53 Å². The molecule has 5 heteroatoms. The van der Waals surface area contributed by atoms with Gasteiger partial charge in [0.2, 0.25) is 5.76 Å². The summed E-state index contributed by atoms with van der Waals surface area (Å²) in [5.74, 6) is 0.237. The van der Waals surface area contributed by atoms with Crippen LogP contribution in [0.2, 0.25) is 0 Å². The minimum absolute atomic E-state index is 0.120. The molecule has 5 nitrogen and oxygen atoms in total. The Morgan fingerprint density at radius 3 is 1.83 bits per heavy atom. The molecule has 0 spiro atoms. The predicted molar refractivity (Wildman–Crippen MR) is 112 cm³/mol. The Hall–Kier alpha value is -3.73. The fraction of sp³-hybridized carbons (Fsp3) is 0.125. The topological polar surface area (TPSA) is 65.0 Å². The van der Waals surface area contributed by atoms with Gasteiger partial charge in [0.25, 0.3) is 0 Å². The van der Waals surface area contributed by atoms with Crippen molar-refractivity contribution < 1.29 is 24.1 Å². The van der Waals surface area contributed by atoms with E-state index in [1.54, 1.807) is 24.3 Å². The zero-order chi connectivity index (χ0) is 20.5. The smallest absolute Gasteiger partial charge is 0.371 e. The van der Waals surface area contributed by atoms with Gasteiger partial charge in [-0.25, -0.2) is 4.79 Å². The fourth-order valence-corrected chi connectivity index (χ4v) is 2.71. The number of ether oxygens (including phenoxy) is 3. The van der Waals surface area contributed by atoms with E-state index >= 15 is 0 Å². The fourth-order valence-electron chi connectivity index (χ4n) is 2.71. The van der Waals surface area contributed by atoms with Crippen molar-refractivity contribution in [3.63, 3.8) is 0 Å². The van der Waals surface area contributed by atoms with Crippen LogP contribution in [0.15, 0.2) is 84.6 Å². The predicted octanol–water partition coefficient (Wildman–Crippen LogP) is 4.88. The third-order valence-corrected chi connectivity index (χ3v) is 4.19. The van der Waals surface area contributed by atoms with E-state index in [1.165, 1.54) is 18.7 Å². The summed E-state index contributed by atoms with van der Waals surface area (Å²) in [6.45, 7) is 0.813. The SMILES string of the molecule is COC(=Cc1ccc(OCCOc2ccc(-c3ccccc3)cc2)cc1)C(=O)O. The Morgan fingerprint density at radius 2 is 1.31 bits per heavy atom. The van der Waals surface area contributed by atoms with Crippen molar-refractivity contribution >= 4 is 12.0 Å². The van der Waals surface area contributed by atoms with Crippen LogP contribution in [0, 0.1) is 0 Å². The monoisotopic (exact) mass is 390 g/mol. The molecule has 0 unspecified atom stereocenters. The van der Waals surface area contributed by atoms with E-state index in [2.05, 4.69) is 12.1 Å². The molecule has 0 amide bonds. The molecule has 29 heavy (non-hydrogen) atoms. The molecule has 0 atom stereocenters. The second-order valence-electron chi connectivity index (χ2n) is 6.17. The van der Waals surface area contributed by atoms with Crippen LogP contribution < -0.4 is 9.47 Å². The molecule has 0 aliphatic heterocycles. The number of aliphatic carboxylic acids is 1. The number of hydrogen-bond donors (Lipinski definition) is 1. The molecule has 3 aromatic carbocycles. The van der Waals surface area contributed by atoms with Crippen LogP contribution in [0.1, 0.15) is 5.56 Å². The van der Waals surface area contributed by atoms with Crippen molar-refractivity contribution in [3.8, 4) is 22.6 Å². The maximum atomic E-state index is 11.0. The van der Waals surface area contributed by atoms with Gasteiger partial charge in [-0.15, -0.1) is 0 Å². The van der Waals surface area contributed by atoms with Gasteiger partial charge in [-0.1, -0.05) is 54.6 Å². The van der Waals surface area contributed by atoms with Crippen molar-refractivity contribution in [1.29, 1.82) is 0 Å². The molecule has 0 aliphatic carbocycles. The normalized spacial score (nSPS) is 11.0. The van der Waals surface area contributed by atoms with Crippen LogP contribution in [0.3, 0.4) is 0 Å². The van der Waals surface area contributed by atoms with Gasteiger partial charge in [-0.05, 0) is 47.0 Å². The highest BCUT2D eigenvalue weighted by molar-refractivity contribution is 5.89. The summed E-state index contributed by atoms with van der Waals surface area (Å²) >= 11 is 0. The first-order valence-electron chi connectivity index (χ1n) is 9.16. The lowest BCUT2D eigenvalue weighted by Crippen LogP contribution is -2.08. The van der Waals surface area contributed by atoms with E-state index in [-0.39, 0.29) is 5.76 Å².